The molecule has 2 N–H and O–H groups in total. The van der Waals surface area contributed by atoms with Crippen LogP contribution in [0.25, 0.3) is 22.0 Å². The zero-order chi connectivity index (χ0) is 28.9. The fourth-order valence-corrected chi connectivity index (χ4v) is 4.75. The monoisotopic (exact) mass is 567 g/mol. The van der Waals surface area contributed by atoms with E-state index in [4.69, 9.17) is 25.8 Å². The Bertz CT molecular complexity index is 1790. The molecule has 0 bridgehead atoms. The zero-order valence-corrected chi connectivity index (χ0v) is 23.3. The second-order valence-corrected chi connectivity index (χ2v) is 9.48. The number of aryl methyl sites for hydroxylation is 1. The largest absolute Gasteiger partial charge is 0.496 e. The van der Waals surface area contributed by atoms with Crippen LogP contribution in [-0.4, -0.2) is 37.3 Å². The van der Waals surface area contributed by atoms with Crippen molar-refractivity contribution in [2.24, 2.45) is 5.10 Å². The van der Waals surface area contributed by atoms with E-state index >= 15 is 0 Å². The predicted molar refractivity (Wildman–Crippen MR) is 159 cm³/mol. The third kappa shape index (κ3) is 5.64. The summed E-state index contributed by atoms with van der Waals surface area (Å²) >= 11 is 6.57. The van der Waals surface area contributed by atoms with Gasteiger partial charge in [-0.05, 0) is 49.4 Å². The highest BCUT2D eigenvalue weighted by atomic mass is 35.5. The van der Waals surface area contributed by atoms with E-state index < -0.39 is 11.9 Å². The third-order valence-corrected chi connectivity index (χ3v) is 6.76. The number of aromatic amines is 1. The molecule has 0 atom stereocenters. The van der Waals surface area contributed by atoms with Crippen LogP contribution in [-0.2, 0) is 0 Å². The Balaban J connectivity index is 1.47. The Kier molecular flexibility index (Phi) is 8.03. The number of amides is 1. The number of fused-ring (bicyclic) bond motifs is 1. The summed E-state index contributed by atoms with van der Waals surface area (Å²) in [6, 6.07) is 24.8. The maximum atomic E-state index is 13.5. The van der Waals surface area contributed by atoms with Gasteiger partial charge in [-0.15, -0.1) is 0 Å². The first-order valence-electron chi connectivity index (χ1n) is 12.6. The third-order valence-electron chi connectivity index (χ3n) is 6.43. The standard InChI is InChI=1S/C32H26ClN3O5/c1-19-9-8-11-20(17-19)32(38)41-24-14-7-4-10-21(24)18-34-36-31(37)30-27(22-12-5-6-13-23(22)33)28-25(39-2)15-16-26(40-3)29(28)35-30/h4-18,35H,1-3H3,(H,36,37). The molecule has 5 aromatic rings. The van der Waals surface area contributed by atoms with Crippen LogP contribution in [0.2, 0.25) is 5.02 Å². The van der Waals surface area contributed by atoms with Crippen LogP contribution in [0.4, 0.5) is 0 Å². The number of H-pyrrole nitrogens is 1. The molecule has 0 fully saturated rings. The van der Waals surface area contributed by atoms with Gasteiger partial charge in [0.25, 0.3) is 5.91 Å². The molecule has 4 aromatic carbocycles. The van der Waals surface area contributed by atoms with Gasteiger partial charge in [0.2, 0.25) is 0 Å². The van der Waals surface area contributed by atoms with E-state index in [-0.39, 0.29) is 5.69 Å². The number of carbonyl (C=O) groups excluding carboxylic acids is 2. The van der Waals surface area contributed by atoms with Crippen molar-refractivity contribution in [2.75, 3.05) is 14.2 Å². The summed E-state index contributed by atoms with van der Waals surface area (Å²) < 4.78 is 16.8. The first-order valence-corrected chi connectivity index (χ1v) is 13.0. The highest BCUT2D eigenvalue weighted by Gasteiger charge is 2.25. The fourth-order valence-electron chi connectivity index (χ4n) is 4.52. The molecule has 41 heavy (non-hydrogen) atoms. The molecule has 1 aromatic heterocycles. The number of ether oxygens (including phenoxy) is 3. The Morgan fingerprint density at radius 1 is 0.878 bits per heavy atom. The Labute approximate surface area is 241 Å². The molecule has 1 amide bonds. The van der Waals surface area contributed by atoms with Crippen molar-refractivity contribution < 1.29 is 23.8 Å². The Hall–Kier alpha value is -5.08. The number of esters is 1. The molecule has 5 rings (SSSR count). The van der Waals surface area contributed by atoms with E-state index in [1.165, 1.54) is 6.21 Å². The number of carbonyl (C=O) groups is 2. The average Bonchev–Trinajstić information content (AvgIpc) is 3.38. The van der Waals surface area contributed by atoms with E-state index in [9.17, 15) is 9.59 Å². The molecule has 0 unspecified atom stereocenters. The van der Waals surface area contributed by atoms with Crippen molar-refractivity contribution in [3.05, 3.63) is 112 Å². The van der Waals surface area contributed by atoms with Gasteiger partial charge in [-0.3, -0.25) is 4.79 Å². The lowest BCUT2D eigenvalue weighted by atomic mass is 10.0. The molecule has 0 aliphatic carbocycles. The smallest absolute Gasteiger partial charge is 0.343 e. The number of hydrogen-bond acceptors (Lipinski definition) is 6. The number of aromatic nitrogens is 1. The first kappa shape index (κ1) is 27.5. The molecular weight excluding hydrogens is 542 g/mol. The fraction of sp³-hybridized carbons (Fsp3) is 0.0938. The minimum atomic E-state index is -0.522. The van der Waals surface area contributed by atoms with E-state index in [2.05, 4.69) is 15.5 Å². The Morgan fingerprint density at radius 3 is 2.37 bits per heavy atom. The van der Waals surface area contributed by atoms with Crippen LogP contribution in [0.3, 0.4) is 0 Å². The number of hydrogen-bond donors (Lipinski definition) is 2. The number of para-hydroxylation sites is 1. The summed E-state index contributed by atoms with van der Waals surface area (Å²) in [5.74, 6) is 0.350. The predicted octanol–water partition coefficient (Wildman–Crippen LogP) is 6.80. The highest BCUT2D eigenvalue weighted by Crippen LogP contribution is 2.44. The second-order valence-electron chi connectivity index (χ2n) is 9.07. The summed E-state index contributed by atoms with van der Waals surface area (Å²) in [6.45, 7) is 1.90. The van der Waals surface area contributed by atoms with Gasteiger partial charge in [-0.25, -0.2) is 10.2 Å². The molecule has 206 valence electrons. The van der Waals surface area contributed by atoms with Crippen LogP contribution in [0.1, 0.15) is 32.0 Å². The van der Waals surface area contributed by atoms with E-state index in [1.807, 2.05) is 31.2 Å². The minimum Gasteiger partial charge on any atom is -0.496 e. The number of halogens is 1. The normalized spacial score (nSPS) is 11.0. The number of rotatable bonds is 8. The maximum absolute atomic E-state index is 13.5. The van der Waals surface area contributed by atoms with Gasteiger partial charge in [0.1, 0.15) is 22.9 Å². The molecule has 0 saturated carbocycles. The molecule has 9 heteroatoms. The summed E-state index contributed by atoms with van der Waals surface area (Å²) in [7, 11) is 3.10. The molecule has 0 radical (unpaired) electrons. The average molecular weight is 568 g/mol. The van der Waals surface area contributed by atoms with Crippen molar-refractivity contribution in [1.82, 2.24) is 10.4 Å². The maximum Gasteiger partial charge on any atom is 0.343 e. The number of benzene rings is 4. The van der Waals surface area contributed by atoms with Crippen molar-refractivity contribution in [3.8, 4) is 28.4 Å². The van der Waals surface area contributed by atoms with E-state index in [0.29, 0.717) is 55.4 Å². The zero-order valence-electron chi connectivity index (χ0n) is 22.5. The molecule has 0 spiro atoms. The van der Waals surface area contributed by atoms with Gasteiger partial charge < -0.3 is 19.2 Å². The molecule has 1 heterocycles. The second kappa shape index (κ2) is 12.0. The van der Waals surface area contributed by atoms with Gasteiger partial charge in [0.05, 0.1) is 36.9 Å². The van der Waals surface area contributed by atoms with E-state index in [0.717, 1.165) is 5.56 Å². The number of nitrogens with zero attached hydrogens (tertiary/aromatic N) is 1. The summed E-state index contributed by atoms with van der Waals surface area (Å²) in [5, 5.41) is 5.25. The van der Waals surface area contributed by atoms with Crippen LogP contribution in [0.15, 0.2) is 90.0 Å². The summed E-state index contributed by atoms with van der Waals surface area (Å²) in [6.07, 6.45) is 1.41. The molecule has 8 nitrogen and oxygen atoms in total. The van der Waals surface area contributed by atoms with Crippen molar-refractivity contribution in [1.29, 1.82) is 0 Å². The first-order chi connectivity index (χ1) is 19.9. The van der Waals surface area contributed by atoms with Gasteiger partial charge in [-0.1, -0.05) is 59.6 Å². The highest BCUT2D eigenvalue weighted by molar-refractivity contribution is 6.34. The lowest BCUT2D eigenvalue weighted by Crippen LogP contribution is -2.19. The van der Waals surface area contributed by atoms with Crippen LogP contribution >= 0.6 is 11.6 Å². The summed E-state index contributed by atoms with van der Waals surface area (Å²) in [4.78, 5) is 29.4. The number of methoxy groups -OCH3 is 2. The quantitative estimate of drug-likeness (QED) is 0.0929. The van der Waals surface area contributed by atoms with Crippen LogP contribution in [0.5, 0.6) is 17.2 Å². The Morgan fingerprint density at radius 2 is 1.61 bits per heavy atom. The van der Waals surface area contributed by atoms with Gasteiger partial charge in [-0.2, -0.15) is 5.10 Å². The topological polar surface area (TPSA) is 102 Å². The summed E-state index contributed by atoms with van der Waals surface area (Å²) in [5.41, 5.74) is 6.41. The van der Waals surface area contributed by atoms with Crippen molar-refractivity contribution in [3.63, 3.8) is 0 Å². The number of hydrazone groups is 1. The minimum absolute atomic E-state index is 0.215. The lowest BCUT2D eigenvalue weighted by Gasteiger charge is -2.10. The van der Waals surface area contributed by atoms with E-state index in [1.54, 1.807) is 74.9 Å². The van der Waals surface area contributed by atoms with Crippen LogP contribution < -0.4 is 19.6 Å². The van der Waals surface area contributed by atoms with Crippen molar-refractivity contribution >= 4 is 40.6 Å². The van der Waals surface area contributed by atoms with Gasteiger partial charge in [0, 0.05) is 21.7 Å². The van der Waals surface area contributed by atoms with Gasteiger partial charge >= 0.3 is 5.97 Å². The SMILES string of the molecule is COc1ccc(OC)c2c(-c3ccccc3Cl)c(C(=O)NN=Cc3ccccc3OC(=O)c3cccc(C)c3)[nH]c12. The van der Waals surface area contributed by atoms with Gasteiger partial charge in [0.15, 0.2) is 0 Å². The molecule has 0 aliphatic rings. The van der Waals surface area contributed by atoms with Crippen molar-refractivity contribution in [2.45, 2.75) is 6.92 Å². The molecular formula is C32H26ClN3O5. The molecule has 0 saturated heterocycles. The molecule has 0 aliphatic heterocycles. The van der Waals surface area contributed by atoms with Crippen LogP contribution in [0, 0.1) is 6.92 Å². The lowest BCUT2D eigenvalue weighted by molar-refractivity contribution is 0.0734. The number of nitrogens with one attached hydrogen (secondary N) is 2.